The Morgan fingerprint density at radius 1 is 1.21 bits per heavy atom. The molecular weight excluding hydrogens is 431 g/mol. The Balaban J connectivity index is 0.00000288. The second-order valence-electron chi connectivity index (χ2n) is 5.19. The summed E-state index contributed by atoms with van der Waals surface area (Å²) in [7, 11) is 0. The lowest BCUT2D eigenvalue weighted by Gasteiger charge is -2.12. The van der Waals surface area contributed by atoms with Crippen molar-refractivity contribution in [2.75, 3.05) is 12.8 Å². The molecule has 0 unspecified atom stereocenters. The summed E-state index contributed by atoms with van der Waals surface area (Å²) in [5.41, 5.74) is 3.53. The van der Waals surface area contributed by atoms with Gasteiger partial charge in [-0.1, -0.05) is 18.2 Å². The molecule has 0 atom stereocenters. The van der Waals surface area contributed by atoms with Crippen molar-refractivity contribution >= 4 is 41.7 Å². The number of guanidine groups is 1. The molecule has 0 spiro atoms. The average Bonchev–Trinajstić information content (AvgIpc) is 2.59. The van der Waals surface area contributed by atoms with Gasteiger partial charge in [-0.3, -0.25) is 4.98 Å². The topological polar surface area (TPSA) is 49.3 Å². The fourth-order valence-corrected chi connectivity index (χ4v) is 2.86. The fraction of sp³-hybridized carbons (Fsp3) is 0.333. The maximum Gasteiger partial charge on any atom is 0.191 e. The first kappa shape index (κ1) is 20.8. The lowest BCUT2D eigenvalue weighted by Crippen LogP contribution is -2.37. The molecule has 1 heterocycles. The SMILES string of the molecule is CCNC(=NCc1ccc(C)cc1SC)NCc1ccccn1.I. The highest BCUT2D eigenvalue weighted by Gasteiger charge is 2.03. The number of halogens is 1. The number of nitrogens with zero attached hydrogens (tertiary/aromatic N) is 2. The molecule has 1 aromatic heterocycles. The largest absolute Gasteiger partial charge is 0.357 e. The van der Waals surface area contributed by atoms with E-state index in [1.165, 1.54) is 16.0 Å². The van der Waals surface area contributed by atoms with Crippen LogP contribution >= 0.6 is 35.7 Å². The Bertz CT molecular complexity index is 647. The minimum atomic E-state index is 0. The molecule has 0 aliphatic rings. The van der Waals surface area contributed by atoms with Gasteiger partial charge >= 0.3 is 0 Å². The monoisotopic (exact) mass is 456 g/mol. The van der Waals surface area contributed by atoms with Gasteiger partial charge in [-0.15, -0.1) is 35.7 Å². The minimum absolute atomic E-state index is 0. The third kappa shape index (κ3) is 6.68. The molecule has 1 aromatic carbocycles. The number of thioether (sulfide) groups is 1. The summed E-state index contributed by atoms with van der Waals surface area (Å²) in [6.07, 6.45) is 3.91. The Kier molecular flexibility index (Phi) is 9.78. The van der Waals surface area contributed by atoms with Crippen molar-refractivity contribution in [1.29, 1.82) is 0 Å². The number of aromatic nitrogens is 1. The molecule has 130 valence electrons. The first-order chi connectivity index (χ1) is 11.2. The zero-order chi connectivity index (χ0) is 16.5. The van der Waals surface area contributed by atoms with E-state index in [1.54, 1.807) is 18.0 Å². The van der Waals surface area contributed by atoms with Crippen LogP contribution in [-0.4, -0.2) is 23.7 Å². The van der Waals surface area contributed by atoms with Crippen LogP contribution in [-0.2, 0) is 13.1 Å². The molecule has 0 aliphatic carbocycles. The molecule has 0 radical (unpaired) electrons. The summed E-state index contributed by atoms with van der Waals surface area (Å²) in [6, 6.07) is 12.4. The van der Waals surface area contributed by atoms with Crippen LogP contribution in [0.25, 0.3) is 0 Å². The first-order valence-electron chi connectivity index (χ1n) is 7.78. The zero-order valence-corrected chi connectivity index (χ0v) is 17.5. The molecule has 0 fully saturated rings. The molecule has 2 rings (SSSR count). The Hall–Kier alpha value is -1.28. The van der Waals surface area contributed by atoms with Crippen molar-refractivity contribution in [3.8, 4) is 0 Å². The highest BCUT2D eigenvalue weighted by molar-refractivity contribution is 14.0. The predicted octanol–water partition coefficient (Wildman–Crippen LogP) is 3.99. The standard InChI is InChI=1S/C18H24N4S.HI/c1-4-19-18(22-13-16-7-5-6-10-20-16)21-12-15-9-8-14(2)11-17(15)23-3;/h5-11H,4,12-13H2,1-3H3,(H2,19,21,22);1H. The summed E-state index contributed by atoms with van der Waals surface area (Å²) >= 11 is 1.76. The maximum atomic E-state index is 4.69. The van der Waals surface area contributed by atoms with E-state index in [1.807, 2.05) is 18.2 Å². The van der Waals surface area contributed by atoms with Crippen LogP contribution in [0.15, 0.2) is 52.5 Å². The van der Waals surface area contributed by atoms with E-state index in [0.29, 0.717) is 13.1 Å². The van der Waals surface area contributed by atoms with Gasteiger partial charge in [0.2, 0.25) is 0 Å². The van der Waals surface area contributed by atoms with E-state index in [0.717, 1.165) is 18.2 Å². The van der Waals surface area contributed by atoms with E-state index in [2.05, 4.69) is 53.9 Å². The van der Waals surface area contributed by atoms with Crippen molar-refractivity contribution in [3.05, 3.63) is 59.4 Å². The summed E-state index contributed by atoms with van der Waals surface area (Å²) in [5.74, 6) is 0.811. The number of aryl methyl sites for hydroxylation is 1. The summed E-state index contributed by atoms with van der Waals surface area (Å²) in [5, 5.41) is 6.60. The maximum absolute atomic E-state index is 4.69. The summed E-state index contributed by atoms with van der Waals surface area (Å²) < 4.78 is 0. The number of aliphatic imine (C=N–C) groups is 1. The Labute approximate surface area is 166 Å². The first-order valence-corrected chi connectivity index (χ1v) is 9.01. The Morgan fingerprint density at radius 2 is 2.04 bits per heavy atom. The second kappa shape index (κ2) is 11.3. The normalized spacial score (nSPS) is 10.9. The number of nitrogens with one attached hydrogen (secondary N) is 2. The smallest absolute Gasteiger partial charge is 0.191 e. The average molecular weight is 456 g/mol. The van der Waals surface area contributed by atoms with Crippen LogP contribution in [0.4, 0.5) is 0 Å². The van der Waals surface area contributed by atoms with Gasteiger partial charge in [-0.05, 0) is 49.4 Å². The van der Waals surface area contributed by atoms with Crippen LogP contribution in [0, 0.1) is 6.92 Å². The molecule has 0 saturated carbocycles. The third-order valence-corrected chi connectivity index (χ3v) is 4.18. The van der Waals surface area contributed by atoms with Gasteiger partial charge in [0.05, 0.1) is 18.8 Å². The van der Waals surface area contributed by atoms with Gasteiger partial charge < -0.3 is 10.6 Å². The number of benzene rings is 1. The lowest BCUT2D eigenvalue weighted by atomic mass is 10.1. The van der Waals surface area contributed by atoms with Crippen molar-refractivity contribution in [2.45, 2.75) is 31.8 Å². The molecule has 0 aliphatic heterocycles. The third-order valence-electron chi connectivity index (χ3n) is 3.36. The molecule has 0 amide bonds. The summed E-state index contributed by atoms with van der Waals surface area (Å²) in [4.78, 5) is 10.3. The van der Waals surface area contributed by atoms with Crippen molar-refractivity contribution in [3.63, 3.8) is 0 Å². The van der Waals surface area contributed by atoms with Crippen LogP contribution in [0.1, 0.15) is 23.7 Å². The number of hydrogen-bond acceptors (Lipinski definition) is 3. The molecule has 4 nitrogen and oxygen atoms in total. The molecular formula is C18H25IN4S. The lowest BCUT2D eigenvalue weighted by molar-refractivity contribution is 0.798. The van der Waals surface area contributed by atoms with Crippen molar-refractivity contribution in [1.82, 2.24) is 15.6 Å². The van der Waals surface area contributed by atoms with E-state index < -0.39 is 0 Å². The van der Waals surface area contributed by atoms with Gasteiger partial charge in [0.1, 0.15) is 0 Å². The van der Waals surface area contributed by atoms with Gasteiger partial charge in [0.15, 0.2) is 5.96 Å². The molecule has 0 saturated heterocycles. The molecule has 2 N–H and O–H groups in total. The number of rotatable bonds is 6. The fourth-order valence-electron chi connectivity index (χ4n) is 2.17. The van der Waals surface area contributed by atoms with Crippen LogP contribution < -0.4 is 10.6 Å². The molecule has 2 aromatic rings. The predicted molar refractivity (Wildman–Crippen MR) is 114 cm³/mol. The zero-order valence-electron chi connectivity index (χ0n) is 14.4. The second-order valence-corrected chi connectivity index (χ2v) is 6.03. The van der Waals surface area contributed by atoms with E-state index in [4.69, 9.17) is 4.99 Å². The van der Waals surface area contributed by atoms with E-state index in [-0.39, 0.29) is 24.0 Å². The van der Waals surface area contributed by atoms with Gasteiger partial charge in [0, 0.05) is 17.6 Å². The van der Waals surface area contributed by atoms with Crippen molar-refractivity contribution < 1.29 is 0 Å². The van der Waals surface area contributed by atoms with Crippen LogP contribution in [0.3, 0.4) is 0 Å². The van der Waals surface area contributed by atoms with E-state index >= 15 is 0 Å². The number of pyridine rings is 1. The van der Waals surface area contributed by atoms with Gasteiger partial charge in [0.25, 0.3) is 0 Å². The molecule has 6 heteroatoms. The number of hydrogen-bond donors (Lipinski definition) is 2. The summed E-state index contributed by atoms with van der Waals surface area (Å²) in [6.45, 7) is 6.34. The highest BCUT2D eigenvalue weighted by atomic mass is 127. The van der Waals surface area contributed by atoms with Crippen LogP contribution in [0.5, 0.6) is 0 Å². The Morgan fingerprint density at radius 3 is 2.71 bits per heavy atom. The quantitative estimate of drug-likeness (QED) is 0.299. The van der Waals surface area contributed by atoms with Crippen molar-refractivity contribution in [2.24, 2.45) is 4.99 Å². The highest BCUT2D eigenvalue weighted by Crippen LogP contribution is 2.22. The molecule has 0 bridgehead atoms. The van der Waals surface area contributed by atoms with Gasteiger partial charge in [-0.25, -0.2) is 4.99 Å². The molecule has 24 heavy (non-hydrogen) atoms. The minimum Gasteiger partial charge on any atom is -0.357 e. The van der Waals surface area contributed by atoms with Gasteiger partial charge in [-0.2, -0.15) is 0 Å². The van der Waals surface area contributed by atoms with Crippen LogP contribution in [0.2, 0.25) is 0 Å². The van der Waals surface area contributed by atoms with E-state index in [9.17, 15) is 0 Å².